The molecule has 0 aliphatic rings. The molecule has 19 heavy (non-hydrogen) atoms. The van der Waals surface area contributed by atoms with Crippen molar-refractivity contribution >= 4 is 17.2 Å². The van der Waals surface area contributed by atoms with Crippen LogP contribution >= 0.6 is 11.3 Å². The molecule has 2 atom stereocenters. The molecule has 0 radical (unpaired) electrons. The molecule has 0 saturated carbocycles. The first-order valence-electron chi connectivity index (χ1n) is 6.71. The molecule has 4 nitrogen and oxygen atoms in total. The van der Waals surface area contributed by atoms with E-state index in [0.29, 0.717) is 12.5 Å². The summed E-state index contributed by atoms with van der Waals surface area (Å²) >= 11 is 1.58. The van der Waals surface area contributed by atoms with Gasteiger partial charge in [0.05, 0.1) is 0 Å². The average Bonchev–Trinajstić information content (AvgIpc) is 2.85. The van der Waals surface area contributed by atoms with Crippen molar-refractivity contribution in [3.8, 4) is 0 Å². The first kappa shape index (κ1) is 16.1. The van der Waals surface area contributed by atoms with Gasteiger partial charge in [-0.25, -0.2) is 0 Å². The van der Waals surface area contributed by atoms with E-state index < -0.39 is 6.10 Å². The molecule has 1 aromatic rings. The first-order chi connectivity index (χ1) is 9.02. The van der Waals surface area contributed by atoms with Crippen LogP contribution in [0.5, 0.6) is 0 Å². The van der Waals surface area contributed by atoms with Gasteiger partial charge in [0.2, 0.25) is 5.91 Å². The first-order valence-corrected chi connectivity index (χ1v) is 7.59. The van der Waals surface area contributed by atoms with Gasteiger partial charge in [-0.1, -0.05) is 19.9 Å². The third kappa shape index (κ3) is 5.72. The summed E-state index contributed by atoms with van der Waals surface area (Å²) in [4.78, 5) is 11.7. The Balaban J connectivity index is 2.39. The number of aliphatic hydroxyl groups is 1. The minimum atomic E-state index is -0.472. The zero-order chi connectivity index (χ0) is 14.3. The number of carbonyl (C=O) groups excluding carboxylic acids is 1. The zero-order valence-corrected chi connectivity index (χ0v) is 12.7. The molecule has 0 spiro atoms. The van der Waals surface area contributed by atoms with Crippen LogP contribution in [-0.2, 0) is 4.79 Å². The van der Waals surface area contributed by atoms with Gasteiger partial charge in [-0.3, -0.25) is 4.79 Å². The van der Waals surface area contributed by atoms with Crippen molar-refractivity contribution in [1.29, 1.82) is 0 Å². The number of hydrogen-bond acceptors (Lipinski definition) is 4. The predicted octanol–water partition coefficient (Wildman–Crippen LogP) is 1.92. The maximum Gasteiger partial charge on any atom is 0.216 e. The van der Waals surface area contributed by atoms with Gasteiger partial charge in [0.15, 0.2) is 0 Å². The molecular formula is C14H24N2O2S. The Morgan fingerprint density at radius 1 is 1.42 bits per heavy atom. The van der Waals surface area contributed by atoms with Crippen LogP contribution in [0.15, 0.2) is 17.5 Å². The molecule has 3 N–H and O–H groups in total. The average molecular weight is 284 g/mol. The third-order valence-corrected chi connectivity index (χ3v) is 3.94. The lowest BCUT2D eigenvalue weighted by atomic mass is 9.97. The predicted molar refractivity (Wildman–Crippen MR) is 79.2 cm³/mol. The van der Waals surface area contributed by atoms with Crippen molar-refractivity contribution in [3.63, 3.8) is 0 Å². The summed E-state index contributed by atoms with van der Waals surface area (Å²) < 4.78 is 0. The van der Waals surface area contributed by atoms with Crippen LogP contribution in [0.1, 0.15) is 38.2 Å². The maximum absolute atomic E-state index is 10.7. The molecule has 5 heteroatoms. The Kier molecular flexibility index (Phi) is 7.05. The number of rotatable bonds is 8. The van der Waals surface area contributed by atoms with Crippen molar-refractivity contribution in [1.82, 2.24) is 10.6 Å². The second-order valence-electron chi connectivity index (χ2n) is 5.02. The highest BCUT2D eigenvalue weighted by atomic mass is 32.1. The normalized spacial score (nSPS) is 14.4. The maximum atomic E-state index is 10.7. The van der Waals surface area contributed by atoms with Crippen LogP contribution in [0.2, 0.25) is 0 Å². The number of carbonyl (C=O) groups is 1. The van der Waals surface area contributed by atoms with E-state index in [0.717, 1.165) is 17.8 Å². The van der Waals surface area contributed by atoms with Crippen molar-refractivity contribution in [2.75, 3.05) is 13.1 Å². The highest BCUT2D eigenvalue weighted by Crippen LogP contribution is 2.25. The summed E-state index contributed by atoms with van der Waals surface area (Å²) in [5.41, 5.74) is 0. The van der Waals surface area contributed by atoms with Gasteiger partial charge in [-0.2, -0.15) is 0 Å². The van der Waals surface area contributed by atoms with E-state index in [1.54, 1.807) is 11.3 Å². The highest BCUT2D eigenvalue weighted by molar-refractivity contribution is 7.10. The van der Waals surface area contributed by atoms with Gasteiger partial charge in [0.1, 0.15) is 6.10 Å². The molecule has 0 aliphatic heterocycles. The summed E-state index contributed by atoms with van der Waals surface area (Å²) in [5, 5.41) is 18.5. The van der Waals surface area contributed by atoms with Crippen molar-refractivity contribution in [2.45, 2.75) is 39.3 Å². The molecule has 2 unspecified atom stereocenters. The fraction of sp³-hybridized carbons (Fsp3) is 0.643. The van der Waals surface area contributed by atoms with Gasteiger partial charge in [0.25, 0.3) is 0 Å². The molecule has 1 heterocycles. The zero-order valence-electron chi connectivity index (χ0n) is 11.8. The Labute approximate surface area is 119 Å². The summed E-state index contributed by atoms with van der Waals surface area (Å²) in [5.74, 6) is 0.344. The minimum absolute atomic E-state index is 0.000898. The molecular weight excluding hydrogens is 260 g/mol. The van der Waals surface area contributed by atoms with E-state index in [4.69, 9.17) is 0 Å². The van der Waals surface area contributed by atoms with Crippen molar-refractivity contribution in [2.24, 2.45) is 5.92 Å². The van der Waals surface area contributed by atoms with Crippen LogP contribution in [0.25, 0.3) is 0 Å². The molecule has 1 amide bonds. The van der Waals surface area contributed by atoms with Gasteiger partial charge >= 0.3 is 0 Å². The van der Waals surface area contributed by atoms with Crippen LogP contribution in [0.4, 0.5) is 0 Å². The van der Waals surface area contributed by atoms with Crippen LogP contribution in [0.3, 0.4) is 0 Å². The number of aliphatic hydroxyl groups excluding tert-OH is 1. The monoisotopic (exact) mass is 284 g/mol. The van der Waals surface area contributed by atoms with Gasteiger partial charge in [-0.05, 0) is 30.3 Å². The summed E-state index contributed by atoms with van der Waals surface area (Å²) in [6.45, 7) is 7.17. The van der Waals surface area contributed by atoms with Gasteiger partial charge in [-0.15, -0.1) is 11.3 Å². The molecule has 108 valence electrons. The lowest BCUT2D eigenvalue weighted by molar-refractivity contribution is -0.118. The van der Waals surface area contributed by atoms with Gasteiger partial charge in [0, 0.05) is 24.4 Å². The van der Waals surface area contributed by atoms with Crippen molar-refractivity contribution in [3.05, 3.63) is 22.4 Å². The molecule has 1 rings (SSSR count). The van der Waals surface area contributed by atoms with E-state index in [2.05, 4.69) is 24.5 Å². The summed E-state index contributed by atoms with van der Waals surface area (Å²) in [7, 11) is 0. The number of thiophene rings is 1. The highest BCUT2D eigenvalue weighted by Gasteiger charge is 2.23. The Bertz CT molecular complexity index is 366. The second kappa shape index (κ2) is 8.30. The van der Waals surface area contributed by atoms with Gasteiger partial charge < -0.3 is 15.7 Å². The van der Waals surface area contributed by atoms with Crippen LogP contribution < -0.4 is 10.6 Å². The summed E-state index contributed by atoms with van der Waals surface area (Å²) in [6, 6.07) is 3.96. The summed E-state index contributed by atoms with van der Waals surface area (Å²) in [6.07, 6.45) is 0.390. The fourth-order valence-electron chi connectivity index (χ4n) is 1.97. The van der Waals surface area contributed by atoms with E-state index >= 15 is 0 Å². The lowest BCUT2D eigenvalue weighted by Crippen LogP contribution is -2.40. The van der Waals surface area contributed by atoms with Crippen LogP contribution in [0, 0.1) is 5.92 Å². The molecule has 0 aromatic carbocycles. The minimum Gasteiger partial charge on any atom is -0.386 e. The number of amides is 1. The molecule has 0 bridgehead atoms. The standard InChI is InChI=1S/C14H24N2O2S/c1-10(2)13(14(18)12-6-4-9-19-12)16-8-5-7-15-11(3)17/h4,6,9-10,13-14,16,18H,5,7-8H2,1-3H3,(H,15,17). The van der Waals surface area contributed by atoms with E-state index in [1.807, 2.05) is 17.5 Å². The number of hydrogen-bond donors (Lipinski definition) is 3. The molecule has 0 aliphatic carbocycles. The second-order valence-corrected chi connectivity index (χ2v) is 6.00. The smallest absolute Gasteiger partial charge is 0.216 e. The van der Waals surface area contributed by atoms with Crippen LogP contribution in [-0.4, -0.2) is 30.1 Å². The quantitative estimate of drug-likeness (QED) is 0.639. The van der Waals surface area contributed by atoms with E-state index in [9.17, 15) is 9.90 Å². The number of nitrogens with one attached hydrogen (secondary N) is 2. The fourth-order valence-corrected chi connectivity index (χ4v) is 2.73. The lowest BCUT2D eigenvalue weighted by Gasteiger charge is -2.27. The molecule has 0 saturated heterocycles. The Hall–Kier alpha value is -0.910. The molecule has 0 fully saturated rings. The van der Waals surface area contributed by atoms with E-state index in [-0.39, 0.29) is 11.9 Å². The Morgan fingerprint density at radius 2 is 2.16 bits per heavy atom. The Morgan fingerprint density at radius 3 is 2.68 bits per heavy atom. The molecule has 1 aromatic heterocycles. The SMILES string of the molecule is CC(=O)NCCCNC(C(C)C)C(O)c1cccs1. The third-order valence-electron chi connectivity index (χ3n) is 3.00. The van der Waals surface area contributed by atoms with Crippen molar-refractivity contribution < 1.29 is 9.90 Å². The topological polar surface area (TPSA) is 61.4 Å². The largest absolute Gasteiger partial charge is 0.386 e. The van der Waals surface area contributed by atoms with E-state index in [1.165, 1.54) is 6.92 Å².